The number of anilines is 1. The second-order valence-corrected chi connectivity index (χ2v) is 8.52. The minimum absolute atomic E-state index is 0.0170. The minimum atomic E-state index is -4.68. The number of hydrogen-bond donors (Lipinski definition) is 0. The van der Waals surface area contributed by atoms with Gasteiger partial charge in [-0.25, -0.2) is 8.42 Å². The van der Waals surface area contributed by atoms with Crippen LogP contribution in [0.15, 0.2) is 29.4 Å². The van der Waals surface area contributed by atoms with Gasteiger partial charge in [-0.15, -0.1) is 15.3 Å². The molecule has 4 rings (SSSR count). The number of aryl methyl sites for hydroxylation is 1. The number of aromatic nitrogens is 6. The standard InChI is InChI=1S/C15H17F3N8O2S/c1-23-10-11(9-19-23)29(27,28)25-6-2-5-24(7-8-25)13-4-3-12-20-21-14(15(16,17)18)26(12)22-13/h3-4,9-10H,2,5-8H2,1H3. The maximum Gasteiger partial charge on any atom is 0.453 e. The summed E-state index contributed by atoms with van der Waals surface area (Å²) in [6, 6.07) is 2.95. The largest absolute Gasteiger partial charge is 0.453 e. The van der Waals surface area contributed by atoms with Crippen LogP contribution in [0.4, 0.5) is 19.0 Å². The average molecular weight is 430 g/mol. The zero-order chi connectivity index (χ0) is 20.8. The summed E-state index contributed by atoms with van der Waals surface area (Å²) >= 11 is 0. The van der Waals surface area contributed by atoms with Crippen molar-refractivity contribution in [3.8, 4) is 0 Å². The van der Waals surface area contributed by atoms with Gasteiger partial charge >= 0.3 is 6.18 Å². The maximum atomic E-state index is 13.1. The Morgan fingerprint density at radius 3 is 2.55 bits per heavy atom. The molecule has 3 aromatic rings. The lowest BCUT2D eigenvalue weighted by atomic mass is 10.4. The van der Waals surface area contributed by atoms with Crippen LogP contribution in [-0.4, -0.2) is 68.5 Å². The molecule has 29 heavy (non-hydrogen) atoms. The molecule has 0 amide bonds. The third kappa shape index (κ3) is 3.64. The SMILES string of the molecule is Cn1cc(S(=O)(=O)N2CCCN(c3ccc4nnc(C(F)(F)F)n4n3)CC2)cn1. The zero-order valence-corrected chi connectivity index (χ0v) is 16.1. The zero-order valence-electron chi connectivity index (χ0n) is 15.3. The lowest BCUT2D eigenvalue weighted by molar-refractivity contribution is -0.146. The summed E-state index contributed by atoms with van der Waals surface area (Å²) in [5.41, 5.74) is -0.0170. The van der Waals surface area contributed by atoms with E-state index in [1.54, 1.807) is 18.0 Å². The number of sulfonamides is 1. The van der Waals surface area contributed by atoms with E-state index < -0.39 is 22.0 Å². The molecule has 1 fully saturated rings. The van der Waals surface area contributed by atoms with Crippen LogP contribution in [0, 0.1) is 0 Å². The molecule has 0 spiro atoms. The number of fused-ring (bicyclic) bond motifs is 1. The fraction of sp³-hybridized carbons (Fsp3) is 0.467. The summed E-state index contributed by atoms with van der Waals surface area (Å²) in [4.78, 5) is 1.85. The number of alkyl halides is 3. The molecule has 1 saturated heterocycles. The van der Waals surface area contributed by atoms with Crippen LogP contribution in [0.1, 0.15) is 12.2 Å². The average Bonchev–Trinajstić information content (AvgIpc) is 3.20. The monoisotopic (exact) mass is 430 g/mol. The maximum absolute atomic E-state index is 13.1. The number of hydrogen-bond acceptors (Lipinski definition) is 7. The van der Waals surface area contributed by atoms with Crippen LogP contribution in [0.5, 0.6) is 0 Å². The van der Waals surface area contributed by atoms with Crippen molar-refractivity contribution in [3.63, 3.8) is 0 Å². The van der Waals surface area contributed by atoms with Crippen molar-refractivity contribution in [2.75, 3.05) is 31.1 Å². The summed E-state index contributed by atoms with van der Waals surface area (Å²) in [5.74, 6) is -0.909. The van der Waals surface area contributed by atoms with Gasteiger partial charge in [-0.1, -0.05) is 0 Å². The Balaban J connectivity index is 1.57. The fourth-order valence-electron chi connectivity index (χ4n) is 3.17. The lowest BCUT2D eigenvalue weighted by Gasteiger charge is -2.22. The lowest BCUT2D eigenvalue weighted by Crippen LogP contribution is -2.35. The first-order valence-corrected chi connectivity index (χ1v) is 10.1. The Bertz CT molecular complexity index is 1140. The molecular weight excluding hydrogens is 413 g/mol. The number of halogens is 3. The van der Waals surface area contributed by atoms with E-state index in [9.17, 15) is 21.6 Å². The highest BCUT2D eigenvalue weighted by Gasteiger charge is 2.38. The summed E-state index contributed by atoms with van der Waals surface area (Å²) in [6.07, 6.45) is -1.47. The molecule has 10 nitrogen and oxygen atoms in total. The first kappa shape index (κ1) is 19.6. The van der Waals surface area contributed by atoms with Gasteiger partial charge in [0.05, 0.1) is 6.20 Å². The second kappa shape index (κ2) is 6.95. The van der Waals surface area contributed by atoms with Crippen LogP contribution in [0.25, 0.3) is 5.65 Å². The van der Waals surface area contributed by atoms with Crippen molar-refractivity contribution in [1.29, 1.82) is 0 Å². The van der Waals surface area contributed by atoms with E-state index in [2.05, 4.69) is 20.4 Å². The molecule has 4 heterocycles. The molecule has 0 N–H and O–H groups in total. The Labute approximate surface area is 163 Å². The summed E-state index contributed by atoms with van der Waals surface area (Å²) in [5, 5.41) is 14.6. The Morgan fingerprint density at radius 1 is 1.07 bits per heavy atom. The molecule has 156 valence electrons. The van der Waals surface area contributed by atoms with Gasteiger partial charge < -0.3 is 4.90 Å². The molecule has 0 bridgehead atoms. The molecule has 0 radical (unpaired) electrons. The Kier molecular flexibility index (Phi) is 4.69. The van der Waals surface area contributed by atoms with Crippen LogP contribution in [0.3, 0.4) is 0 Å². The molecule has 0 aromatic carbocycles. The van der Waals surface area contributed by atoms with E-state index in [0.29, 0.717) is 23.3 Å². The van der Waals surface area contributed by atoms with Crippen LogP contribution in [-0.2, 0) is 23.2 Å². The Hall–Kier alpha value is -2.74. The highest BCUT2D eigenvalue weighted by molar-refractivity contribution is 7.89. The van der Waals surface area contributed by atoms with E-state index in [4.69, 9.17) is 0 Å². The number of rotatable bonds is 3. The quantitative estimate of drug-likeness (QED) is 0.605. The normalized spacial score (nSPS) is 17.0. The van der Waals surface area contributed by atoms with Crippen LogP contribution >= 0.6 is 0 Å². The van der Waals surface area contributed by atoms with Crippen LogP contribution in [0.2, 0.25) is 0 Å². The van der Waals surface area contributed by atoms with Gasteiger partial charge in [0.2, 0.25) is 10.0 Å². The van der Waals surface area contributed by atoms with Crippen LogP contribution < -0.4 is 4.90 Å². The third-order valence-electron chi connectivity index (χ3n) is 4.60. The highest BCUT2D eigenvalue weighted by Crippen LogP contribution is 2.28. The Morgan fingerprint density at radius 2 is 1.86 bits per heavy atom. The van der Waals surface area contributed by atoms with Crippen molar-refractivity contribution < 1.29 is 21.6 Å². The molecular formula is C15H17F3N8O2S. The molecule has 1 aliphatic heterocycles. The smallest absolute Gasteiger partial charge is 0.354 e. The molecule has 0 atom stereocenters. The molecule has 3 aromatic heterocycles. The second-order valence-electron chi connectivity index (χ2n) is 6.58. The molecule has 14 heteroatoms. The van der Waals surface area contributed by atoms with E-state index in [0.717, 1.165) is 0 Å². The van der Waals surface area contributed by atoms with E-state index in [1.807, 2.05) is 0 Å². The highest BCUT2D eigenvalue weighted by atomic mass is 32.2. The van der Waals surface area contributed by atoms with Gasteiger partial charge in [0.1, 0.15) is 10.7 Å². The predicted molar refractivity (Wildman–Crippen MR) is 94.6 cm³/mol. The minimum Gasteiger partial charge on any atom is -0.354 e. The first-order valence-electron chi connectivity index (χ1n) is 8.70. The van der Waals surface area contributed by atoms with Gasteiger partial charge in [-0.3, -0.25) is 4.68 Å². The van der Waals surface area contributed by atoms with Crippen molar-refractivity contribution in [2.45, 2.75) is 17.5 Å². The summed E-state index contributed by atoms with van der Waals surface area (Å²) < 4.78 is 68.2. The summed E-state index contributed by atoms with van der Waals surface area (Å²) in [6.45, 7) is 1.18. The van der Waals surface area contributed by atoms with E-state index in [-0.39, 0.29) is 30.2 Å². The van der Waals surface area contributed by atoms with Crippen molar-refractivity contribution >= 4 is 21.5 Å². The fourth-order valence-corrected chi connectivity index (χ4v) is 4.62. The van der Waals surface area contributed by atoms with Gasteiger partial charge in [-0.2, -0.15) is 27.1 Å². The van der Waals surface area contributed by atoms with Gasteiger partial charge in [0.25, 0.3) is 5.82 Å². The molecule has 0 aliphatic carbocycles. The van der Waals surface area contributed by atoms with E-state index in [1.165, 1.54) is 27.4 Å². The predicted octanol–water partition coefficient (Wildman–Crippen LogP) is 0.778. The van der Waals surface area contributed by atoms with Crippen molar-refractivity contribution in [2.24, 2.45) is 7.05 Å². The molecule has 0 saturated carbocycles. The van der Waals surface area contributed by atoms with Gasteiger partial charge in [-0.05, 0) is 18.6 Å². The first-order chi connectivity index (χ1) is 13.7. The van der Waals surface area contributed by atoms with Crippen molar-refractivity contribution in [3.05, 3.63) is 30.4 Å². The van der Waals surface area contributed by atoms with Gasteiger partial charge in [0, 0.05) is 39.4 Å². The van der Waals surface area contributed by atoms with E-state index >= 15 is 0 Å². The van der Waals surface area contributed by atoms with Gasteiger partial charge in [0.15, 0.2) is 5.65 Å². The van der Waals surface area contributed by atoms with Crippen molar-refractivity contribution in [1.82, 2.24) is 33.9 Å². The third-order valence-corrected chi connectivity index (χ3v) is 6.45. The molecule has 0 unspecified atom stereocenters. The number of nitrogens with zero attached hydrogens (tertiary/aromatic N) is 8. The summed E-state index contributed by atoms with van der Waals surface area (Å²) in [7, 11) is -2.06. The molecule has 1 aliphatic rings. The topological polar surface area (TPSA) is 102 Å².